The minimum atomic E-state index is -0.0630. The van der Waals surface area contributed by atoms with E-state index in [1.165, 1.54) is 22.3 Å². The third kappa shape index (κ3) is 6.83. The molecule has 0 spiro atoms. The number of aromatic nitrogens is 4. The Labute approximate surface area is 346 Å². The Balaban J connectivity index is 1.09. The molecule has 1 aliphatic carbocycles. The molecule has 2 aromatic heterocycles. The Morgan fingerprint density at radius 1 is 0.305 bits per heavy atom. The highest BCUT2D eigenvalue weighted by atomic mass is 14.9. The quantitative estimate of drug-likeness (QED) is 0.162. The van der Waals surface area contributed by atoms with Crippen LogP contribution in [0.25, 0.3) is 89.8 Å². The van der Waals surface area contributed by atoms with Crippen LogP contribution in [0.4, 0.5) is 0 Å². The molecule has 4 heteroatoms. The number of rotatable bonds is 7. The number of hydrogen-bond donors (Lipinski definition) is 0. The Hall–Kier alpha value is -7.30. The molecular formula is C55H42N4. The lowest BCUT2D eigenvalue weighted by atomic mass is 9.82. The van der Waals surface area contributed by atoms with Crippen molar-refractivity contribution >= 4 is 0 Å². The lowest BCUT2D eigenvalue weighted by molar-refractivity contribution is 0.660. The molecule has 0 amide bonds. The number of benzene rings is 7. The van der Waals surface area contributed by atoms with Crippen molar-refractivity contribution in [3.8, 4) is 89.8 Å². The normalized spacial score (nSPS) is 12.5. The van der Waals surface area contributed by atoms with Gasteiger partial charge in [-0.05, 0) is 106 Å². The first kappa shape index (κ1) is 36.1. The Kier molecular flexibility index (Phi) is 8.91. The van der Waals surface area contributed by atoms with E-state index in [9.17, 15) is 0 Å². The maximum absolute atomic E-state index is 5.25. The van der Waals surface area contributed by atoms with Crippen LogP contribution < -0.4 is 0 Å². The fraction of sp³-hybridized carbons (Fsp3) is 0.0909. The van der Waals surface area contributed by atoms with E-state index in [1.807, 2.05) is 32.0 Å². The smallest absolute Gasteiger partial charge is 0.160 e. The average Bonchev–Trinajstić information content (AvgIpc) is 3.51. The molecule has 0 saturated heterocycles. The number of nitrogens with zero attached hydrogens (tertiary/aromatic N) is 4. The molecule has 0 N–H and O–H groups in total. The second-order valence-corrected chi connectivity index (χ2v) is 16.1. The van der Waals surface area contributed by atoms with Gasteiger partial charge in [-0.15, -0.1) is 0 Å². The van der Waals surface area contributed by atoms with E-state index in [-0.39, 0.29) is 5.41 Å². The third-order valence-electron chi connectivity index (χ3n) is 11.7. The summed E-state index contributed by atoms with van der Waals surface area (Å²) in [6, 6.07) is 64.8. The van der Waals surface area contributed by atoms with Crippen molar-refractivity contribution in [1.82, 2.24) is 19.9 Å². The third-order valence-corrected chi connectivity index (χ3v) is 11.7. The molecule has 0 bridgehead atoms. The molecule has 4 nitrogen and oxygen atoms in total. The highest BCUT2D eigenvalue weighted by molar-refractivity contribution is 5.87. The largest absolute Gasteiger partial charge is 0.233 e. The fourth-order valence-corrected chi connectivity index (χ4v) is 8.60. The van der Waals surface area contributed by atoms with Crippen molar-refractivity contribution < 1.29 is 0 Å². The van der Waals surface area contributed by atoms with Crippen LogP contribution >= 0.6 is 0 Å². The number of hydrogen-bond acceptors (Lipinski definition) is 4. The van der Waals surface area contributed by atoms with E-state index in [1.54, 1.807) is 0 Å². The average molecular weight is 759 g/mol. The standard InChI is InChI=1S/C55H42N4/c1-35-29-36(2)57-53(56-35)42-25-23-38(24-26-42)37-19-21-39(22-20-37)44-30-45(43-27-28-50-48(33-43)47-17-11-12-18-49(47)55(50,3)4)32-46(31-44)54-58-51(40-13-7-5-8-14-40)34-52(59-54)41-15-9-6-10-16-41/h5-34H,1-4H3. The summed E-state index contributed by atoms with van der Waals surface area (Å²) in [5, 5.41) is 0. The van der Waals surface area contributed by atoms with Gasteiger partial charge in [0.15, 0.2) is 11.6 Å². The summed E-state index contributed by atoms with van der Waals surface area (Å²) in [4.78, 5) is 19.8. The molecule has 0 fully saturated rings. The molecule has 7 aromatic carbocycles. The van der Waals surface area contributed by atoms with E-state index in [0.717, 1.165) is 84.2 Å². The van der Waals surface area contributed by atoms with E-state index in [4.69, 9.17) is 9.97 Å². The van der Waals surface area contributed by atoms with Crippen LogP contribution in [0.2, 0.25) is 0 Å². The van der Waals surface area contributed by atoms with Crippen molar-refractivity contribution in [3.05, 3.63) is 205 Å². The van der Waals surface area contributed by atoms with E-state index in [0.29, 0.717) is 5.82 Å². The van der Waals surface area contributed by atoms with Gasteiger partial charge in [0.1, 0.15) is 0 Å². The molecule has 0 aliphatic heterocycles. The Morgan fingerprint density at radius 2 is 0.746 bits per heavy atom. The summed E-state index contributed by atoms with van der Waals surface area (Å²) < 4.78 is 0. The van der Waals surface area contributed by atoms with Gasteiger partial charge in [0.2, 0.25) is 0 Å². The van der Waals surface area contributed by atoms with Crippen LogP contribution in [0.3, 0.4) is 0 Å². The molecule has 1 aliphatic rings. The van der Waals surface area contributed by atoms with Crippen LogP contribution in [0.5, 0.6) is 0 Å². The van der Waals surface area contributed by atoms with Crippen LogP contribution in [0, 0.1) is 13.8 Å². The molecule has 282 valence electrons. The zero-order valence-corrected chi connectivity index (χ0v) is 33.6. The summed E-state index contributed by atoms with van der Waals surface area (Å²) in [6.45, 7) is 8.67. The first-order valence-electron chi connectivity index (χ1n) is 20.2. The fourth-order valence-electron chi connectivity index (χ4n) is 8.60. The van der Waals surface area contributed by atoms with Gasteiger partial charge < -0.3 is 0 Å². The molecule has 2 heterocycles. The zero-order valence-electron chi connectivity index (χ0n) is 33.6. The molecule has 0 saturated carbocycles. The monoisotopic (exact) mass is 758 g/mol. The van der Waals surface area contributed by atoms with Crippen LogP contribution in [0.1, 0.15) is 36.4 Å². The SMILES string of the molecule is Cc1cc(C)nc(-c2ccc(-c3ccc(-c4cc(-c5ccc6c(c5)-c5ccccc5C6(C)C)cc(-c5nc(-c6ccccc6)cc(-c6ccccc6)n5)c4)cc3)cc2)n1. The summed E-state index contributed by atoms with van der Waals surface area (Å²) in [7, 11) is 0. The van der Waals surface area contributed by atoms with Gasteiger partial charge >= 0.3 is 0 Å². The van der Waals surface area contributed by atoms with Gasteiger partial charge in [-0.25, -0.2) is 19.9 Å². The summed E-state index contributed by atoms with van der Waals surface area (Å²) in [5.74, 6) is 1.44. The highest BCUT2D eigenvalue weighted by Gasteiger charge is 2.35. The molecule has 0 radical (unpaired) electrons. The maximum atomic E-state index is 5.25. The van der Waals surface area contributed by atoms with Crippen molar-refractivity contribution in [2.75, 3.05) is 0 Å². The minimum Gasteiger partial charge on any atom is -0.233 e. The topological polar surface area (TPSA) is 51.6 Å². The number of aryl methyl sites for hydroxylation is 2. The second-order valence-electron chi connectivity index (χ2n) is 16.1. The molecule has 0 unspecified atom stereocenters. The molecule has 9 aromatic rings. The van der Waals surface area contributed by atoms with E-state index >= 15 is 0 Å². The van der Waals surface area contributed by atoms with Crippen LogP contribution in [-0.2, 0) is 5.41 Å². The number of fused-ring (bicyclic) bond motifs is 3. The molecule has 59 heavy (non-hydrogen) atoms. The van der Waals surface area contributed by atoms with Gasteiger partial charge in [0, 0.05) is 39.1 Å². The van der Waals surface area contributed by atoms with E-state index < -0.39 is 0 Å². The summed E-state index contributed by atoms with van der Waals surface area (Å²) in [6.07, 6.45) is 0. The second kappa shape index (κ2) is 14.6. The first-order chi connectivity index (χ1) is 28.8. The van der Waals surface area contributed by atoms with Gasteiger partial charge in [-0.1, -0.05) is 159 Å². The van der Waals surface area contributed by atoms with Gasteiger partial charge in [0.05, 0.1) is 11.4 Å². The highest BCUT2D eigenvalue weighted by Crippen LogP contribution is 2.49. The van der Waals surface area contributed by atoms with Gasteiger partial charge in [0.25, 0.3) is 0 Å². The Morgan fingerprint density at radius 3 is 1.34 bits per heavy atom. The maximum Gasteiger partial charge on any atom is 0.160 e. The minimum absolute atomic E-state index is 0.0630. The summed E-state index contributed by atoms with van der Waals surface area (Å²) >= 11 is 0. The van der Waals surface area contributed by atoms with Crippen molar-refractivity contribution in [1.29, 1.82) is 0 Å². The predicted molar refractivity (Wildman–Crippen MR) is 243 cm³/mol. The predicted octanol–water partition coefficient (Wildman–Crippen LogP) is 13.9. The van der Waals surface area contributed by atoms with Crippen LogP contribution in [-0.4, -0.2) is 19.9 Å². The lowest BCUT2D eigenvalue weighted by Gasteiger charge is -2.21. The van der Waals surface area contributed by atoms with Crippen molar-refractivity contribution in [2.24, 2.45) is 0 Å². The zero-order chi connectivity index (χ0) is 40.1. The van der Waals surface area contributed by atoms with Gasteiger partial charge in [-0.2, -0.15) is 0 Å². The molecule has 10 rings (SSSR count). The van der Waals surface area contributed by atoms with Crippen LogP contribution in [0.15, 0.2) is 182 Å². The molecule has 0 atom stereocenters. The summed E-state index contributed by atoms with van der Waals surface area (Å²) in [5.41, 5.74) is 19.8. The van der Waals surface area contributed by atoms with Gasteiger partial charge in [-0.3, -0.25) is 0 Å². The first-order valence-corrected chi connectivity index (χ1v) is 20.2. The van der Waals surface area contributed by atoms with Crippen molar-refractivity contribution in [2.45, 2.75) is 33.1 Å². The molecular weight excluding hydrogens is 717 g/mol. The van der Waals surface area contributed by atoms with Crippen molar-refractivity contribution in [3.63, 3.8) is 0 Å². The van der Waals surface area contributed by atoms with E-state index in [2.05, 4.69) is 188 Å². The Bertz CT molecular complexity index is 2930. The lowest BCUT2D eigenvalue weighted by Crippen LogP contribution is -2.14.